The minimum Gasteiger partial charge on any atom is -0.299 e. The van der Waals surface area contributed by atoms with Crippen molar-refractivity contribution >= 4 is 5.78 Å². The molecule has 0 unspecified atom stereocenters. The summed E-state index contributed by atoms with van der Waals surface area (Å²) in [6, 6.07) is 9.68. The highest BCUT2D eigenvalue weighted by molar-refractivity contribution is 5.83. The fourth-order valence-corrected chi connectivity index (χ4v) is 1.73. The van der Waals surface area contributed by atoms with E-state index in [0.717, 1.165) is 5.69 Å². The fourth-order valence-electron chi connectivity index (χ4n) is 1.73. The second-order valence-corrected chi connectivity index (χ2v) is 5.52. The minimum absolute atomic E-state index is 0.218. The first-order chi connectivity index (χ1) is 8.98. The summed E-state index contributed by atoms with van der Waals surface area (Å²) in [5.74, 6) is 0.930. The van der Waals surface area contributed by atoms with Gasteiger partial charge >= 0.3 is 0 Å². The van der Waals surface area contributed by atoms with Gasteiger partial charge in [0.25, 0.3) is 0 Å². The number of ketones is 1. The van der Waals surface area contributed by atoms with Crippen LogP contribution >= 0.6 is 0 Å². The van der Waals surface area contributed by atoms with Crippen LogP contribution in [0.15, 0.2) is 30.3 Å². The third-order valence-corrected chi connectivity index (χ3v) is 2.95. The van der Waals surface area contributed by atoms with Crippen LogP contribution in [0.25, 0.3) is 5.69 Å². The number of carbonyl (C=O) groups is 1. The van der Waals surface area contributed by atoms with Crippen LogP contribution in [0, 0.1) is 5.41 Å². The predicted octanol–water partition coefficient (Wildman–Crippen LogP) is 2.21. The van der Waals surface area contributed by atoms with Crippen molar-refractivity contribution < 1.29 is 4.79 Å². The molecule has 5 heteroatoms. The van der Waals surface area contributed by atoms with E-state index in [1.54, 1.807) is 4.68 Å². The van der Waals surface area contributed by atoms with Crippen molar-refractivity contribution in [3.63, 3.8) is 0 Å². The van der Waals surface area contributed by atoms with Crippen LogP contribution in [0.4, 0.5) is 0 Å². The summed E-state index contributed by atoms with van der Waals surface area (Å²) in [7, 11) is 0. The lowest BCUT2D eigenvalue weighted by Crippen LogP contribution is -2.21. The van der Waals surface area contributed by atoms with Gasteiger partial charge in [-0.3, -0.25) is 4.79 Å². The lowest BCUT2D eigenvalue weighted by molar-refractivity contribution is -0.126. The monoisotopic (exact) mass is 258 g/mol. The molecule has 0 saturated carbocycles. The molecule has 1 aromatic heterocycles. The number of aromatic nitrogens is 4. The quantitative estimate of drug-likeness (QED) is 0.843. The second kappa shape index (κ2) is 5.30. The normalized spacial score (nSPS) is 11.5. The Hall–Kier alpha value is -2.04. The Morgan fingerprint density at radius 3 is 2.53 bits per heavy atom. The van der Waals surface area contributed by atoms with Crippen LogP contribution in [0.3, 0.4) is 0 Å². The molecular formula is C14H18N4O. The molecule has 1 heterocycles. The van der Waals surface area contributed by atoms with Gasteiger partial charge in [0.2, 0.25) is 0 Å². The SMILES string of the molecule is CC(C)(C)C(=O)CCc1nnnn1-c1ccccc1. The van der Waals surface area contributed by atoms with Gasteiger partial charge in [-0.2, -0.15) is 4.68 Å². The van der Waals surface area contributed by atoms with Crippen LogP contribution < -0.4 is 0 Å². The third kappa shape index (κ3) is 3.24. The van der Waals surface area contributed by atoms with E-state index in [9.17, 15) is 4.79 Å². The Bertz CT molecular complexity index is 554. The number of carbonyl (C=O) groups excluding carboxylic acids is 1. The van der Waals surface area contributed by atoms with Crippen molar-refractivity contribution in [2.24, 2.45) is 5.41 Å². The number of nitrogens with zero attached hydrogens (tertiary/aromatic N) is 4. The molecule has 0 aliphatic rings. The first-order valence-electron chi connectivity index (χ1n) is 6.34. The molecule has 19 heavy (non-hydrogen) atoms. The Kier molecular flexibility index (Phi) is 3.74. The van der Waals surface area contributed by atoms with E-state index in [1.165, 1.54) is 0 Å². The van der Waals surface area contributed by atoms with Crippen LogP contribution in [-0.2, 0) is 11.2 Å². The molecule has 0 saturated heterocycles. The summed E-state index contributed by atoms with van der Waals surface area (Å²) < 4.78 is 1.68. The number of tetrazole rings is 1. The van der Waals surface area contributed by atoms with Crippen molar-refractivity contribution in [1.29, 1.82) is 0 Å². The van der Waals surface area contributed by atoms with Crippen LogP contribution in [0.5, 0.6) is 0 Å². The highest BCUT2D eigenvalue weighted by Gasteiger charge is 2.21. The predicted molar refractivity (Wildman–Crippen MR) is 71.9 cm³/mol. The number of hydrogen-bond acceptors (Lipinski definition) is 4. The molecular weight excluding hydrogens is 240 g/mol. The van der Waals surface area contributed by atoms with Gasteiger partial charge in [-0.25, -0.2) is 0 Å². The van der Waals surface area contributed by atoms with E-state index in [2.05, 4.69) is 15.5 Å². The summed E-state index contributed by atoms with van der Waals surface area (Å²) >= 11 is 0. The lowest BCUT2D eigenvalue weighted by atomic mass is 9.88. The van der Waals surface area contributed by atoms with E-state index in [-0.39, 0.29) is 11.2 Å². The maximum absolute atomic E-state index is 11.9. The summed E-state index contributed by atoms with van der Waals surface area (Å²) in [4.78, 5) is 11.9. The number of aryl methyl sites for hydroxylation is 1. The summed E-state index contributed by atoms with van der Waals surface area (Å²) in [5.41, 5.74) is 0.594. The lowest BCUT2D eigenvalue weighted by Gasteiger charge is -2.15. The maximum Gasteiger partial charge on any atom is 0.157 e. The van der Waals surface area contributed by atoms with Crippen molar-refractivity contribution in [2.45, 2.75) is 33.6 Å². The van der Waals surface area contributed by atoms with E-state index in [4.69, 9.17) is 0 Å². The standard InChI is InChI=1S/C14H18N4O/c1-14(2,3)12(19)9-10-13-15-16-17-18(13)11-7-5-4-6-8-11/h4-8H,9-10H2,1-3H3. The molecule has 0 spiro atoms. The number of hydrogen-bond donors (Lipinski definition) is 0. The topological polar surface area (TPSA) is 60.7 Å². The largest absolute Gasteiger partial charge is 0.299 e. The third-order valence-electron chi connectivity index (χ3n) is 2.95. The van der Waals surface area contributed by atoms with Gasteiger partial charge in [-0.05, 0) is 22.6 Å². The molecule has 1 aromatic carbocycles. The maximum atomic E-state index is 11.9. The first-order valence-corrected chi connectivity index (χ1v) is 6.34. The highest BCUT2D eigenvalue weighted by atomic mass is 16.1. The van der Waals surface area contributed by atoms with E-state index < -0.39 is 0 Å². The molecule has 0 aliphatic heterocycles. The Morgan fingerprint density at radius 2 is 1.89 bits per heavy atom. The van der Waals surface area contributed by atoms with Gasteiger partial charge in [0.05, 0.1) is 5.69 Å². The second-order valence-electron chi connectivity index (χ2n) is 5.52. The molecule has 0 amide bonds. The Balaban J connectivity index is 2.11. The zero-order valence-electron chi connectivity index (χ0n) is 11.5. The molecule has 5 nitrogen and oxygen atoms in total. The molecule has 2 aromatic rings. The van der Waals surface area contributed by atoms with Gasteiger partial charge in [-0.15, -0.1) is 5.10 Å². The van der Waals surface area contributed by atoms with Crippen molar-refractivity contribution in [3.8, 4) is 5.69 Å². The van der Waals surface area contributed by atoms with E-state index in [0.29, 0.717) is 18.7 Å². The number of para-hydroxylation sites is 1. The molecule has 0 aliphatic carbocycles. The molecule has 2 rings (SSSR count). The van der Waals surface area contributed by atoms with Gasteiger partial charge in [-0.1, -0.05) is 39.0 Å². The average molecular weight is 258 g/mol. The summed E-state index contributed by atoms with van der Waals surface area (Å²) in [5, 5.41) is 11.7. The molecule has 100 valence electrons. The highest BCUT2D eigenvalue weighted by Crippen LogP contribution is 2.18. The Labute approximate surface area is 112 Å². The average Bonchev–Trinajstić information content (AvgIpc) is 2.84. The van der Waals surface area contributed by atoms with Crippen molar-refractivity contribution in [3.05, 3.63) is 36.2 Å². The van der Waals surface area contributed by atoms with Gasteiger partial charge in [0, 0.05) is 18.3 Å². The van der Waals surface area contributed by atoms with Gasteiger partial charge in [0.1, 0.15) is 5.78 Å². The molecule has 0 atom stereocenters. The first kappa shape index (κ1) is 13.4. The number of benzene rings is 1. The number of Topliss-reactive ketones (excluding diaryl/α,β-unsaturated/α-hetero) is 1. The smallest absolute Gasteiger partial charge is 0.157 e. The molecule has 0 bridgehead atoms. The van der Waals surface area contributed by atoms with E-state index in [1.807, 2.05) is 51.1 Å². The van der Waals surface area contributed by atoms with Gasteiger partial charge in [0.15, 0.2) is 5.82 Å². The Morgan fingerprint density at radius 1 is 1.21 bits per heavy atom. The zero-order valence-corrected chi connectivity index (χ0v) is 11.5. The number of rotatable bonds is 4. The molecule has 0 N–H and O–H groups in total. The van der Waals surface area contributed by atoms with Crippen LogP contribution in [0.1, 0.15) is 33.0 Å². The molecule has 0 radical (unpaired) electrons. The molecule has 0 fully saturated rings. The minimum atomic E-state index is -0.314. The summed E-state index contributed by atoms with van der Waals surface area (Å²) in [6.45, 7) is 5.78. The van der Waals surface area contributed by atoms with Crippen LogP contribution in [-0.4, -0.2) is 26.0 Å². The zero-order chi connectivity index (χ0) is 13.9. The van der Waals surface area contributed by atoms with Crippen molar-refractivity contribution in [2.75, 3.05) is 0 Å². The van der Waals surface area contributed by atoms with Crippen LogP contribution in [0.2, 0.25) is 0 Å². The van der Waals surface area contributed by atoms with E-state index >= 15 is 0 Å². The summed E-state index contributed by atoms with van der Waals surface area (Å²) in [6.07, 6.45) is 1.01. The van der Waals surface area contributed by atoms with Crippen molar-refractivity contribution in [1.82, 2.24) is 20.2 Å². The fraction of sp³-hybridized carbons (Fsp3) is 0.429. The van der Waals surface area contributed by atoms with Gasteiger partial charge < -0.3 is 0 Å².